The summed E-state index contributed by atoms with van der Waals surface area (Å²) in [5, 5.41) is 2.86. The quantitative estimate of drug-likeness (QED) is 0.712. The Bertz CT molecular complexity index is 278. The smallest absolute Gasteiger partial charge is 0.243 e. The summed E-state index contributed by atoms with van der Waals surface area (Å²) < 4.78 is 5.74. The number of hydrogen-bond acceptors (Lipinski definition) is 3. The Morgan fingerprint density at radius 1 is 1.62 bits per heavy atom. The summed E-state index contributed by atoms with van der Waals surface area (Å²) in [4.78, 5) is 13.7. The van der Waals surface area contributed by atoms with Crippen molar-refractivity contribution in [2.24, 2.45) is 0 Å². The molecule has 0 spiro atoms. The molecule has 4 heteroatoms. The van der Waals surface area contributed by atoms with Crippen molar-refractivity contribution < 1.29 is 9.53 Å². The van der Waals surface area contributed by atoms with E-state index in [-0.39, 0.29) is 12.0 Å². The number of ether oxygens (including phenoxy) is 1. The minimum Gasteiger partial charge on any atom is -0.373 e. The van der Waals surface area contributed by atoms with Gasteiger partial charge in [0, 0.05) is 19.1 Å². The molecule has 0 aliphatic carbocycles. The number of fused-ring (bicyclic) bond motifs is 1. The van der Waals surface area contributed by atoms with Gasteiger partial charge < -0.3 is 10.1 Å². The van der Waals surface area contributed by atoms with Crippen LogP contribution in [0.25, 0.3) is 0 Å². The van der Waals surface area contributed by atoms with E-state index in [0.717, 1.165) is 13.2 Å². The molecule has 2 heterocycles. The molecule has 0 saturated carbocycles. The molecule has 90 valence electrons. The number of hydrogen-bond donors (Lipinski definition) is 1. The summed E-state index contributed by atoms with van der Waals surface area (Å²) >= 11 is 0. The third-order valence-corrected chi connectivity index (χ3v) is 3.28. The lowest BCUT2D eigenvalue weighted by Crippen LogP contribution is -2.49. The number of carbonyl (C=O) groups is 1. The number of morpholine rings is 1. The fourth-order valence-corrected chi connectivity index (χ4v) is 2.43. The standard InChI is InChI=1S/C12H20N2O2/c1-2-4-12(15)13-7-11-8-14-6-3-5-10(14)9-16-11/h2,4,10-11H,3,5-9H2,1H3,(H,13,15). The molecule has 0 aromatic rings. The lowest BCUT2D eigenvalue weighted by atomic mass is 10.2. The van der Waals surface area contributed by atoms with Crippen molar-refractivity contribution in [3.63, 3.8) is 0 Å². The highest BCUT2D eigenvalue weighted by Gasteiger charge is 2.31. The summed E-state index contributed by atoms with van der Waals surface area (Å²) in [7, 11) is 0. The van der Waals surface area contributed by atoms with E-state index in [1.807, 2.05) is 6.92 Å². The zero-order valence-corrected chi connectivity index (χ0v) is 9.82. The lowest BCUT2D eigenvalue weighted by Gasteiger charge is -2.35. The summed E-state index contributed by atoms with van der Waals surface area (Å²) in [6.07, 6.45) is 5.99. The van der Waals surface area contributed by atoms with Crippen LogP contribution in [-0.2, 0) is 9.53 Å². The highest BCUT2D eigenvalue weighted by molar-refractivity contribution is 5.87. The van der Waals surface area contributed by atoms with Gasteiger partial charge in [-0.3, -0.25) is 9.69 Å². The number of amides is 1. The molecule has 2 fully saturated rings. The van der Waals surface area contributed by atoms with Crippen molar-refractivity contribution in [2.75, 3.05) is 26.2 Å². The highest BCUT2D eigenvalue weighted by Crippen LogP contribution is 2.22. The van der Waals surface area contributed by atoms with E-state index in [1.165, 1.54) is 19.4 Å². The van der Waals surface area contributed by atoms with Crippen LogP contribution in [0.3, 0.4) is 0 Å². The maximum atomic E-state index is 11.2. The fourth-order valence-electron chi connectivity index (χ4n) is 2.43. The molecule has 16 heavy (non-hydrogen) atoms. The van der Waals surface area contributed by atoms with Crippen LogP contribution in [0.4, 0.5) is 0 Å². The maximum Gasteiger partial charge on any atom is 0.243 e. The Hall–Kier alpha value is -0.870. The van der Waals surface area contributed by atoms with Gasteiger partial charge in [0.15, 0.2) is 0 Å². The van der Waals surface area contributed by atoms with Crippen molar-refractivity contribution in [1.82, 2.24) is 10.2 Å². The second-order valence-corrected chi connectivity index (χ2v) is 4.49. The van der Waals surface area contributed by atoms with Gasteiger partial charge in [0.25, 0.3) is 0 Å². The van der Waals surface area contributed by atoms with E-state index in [1.54, 1.807) is 12.2 Å². The summed E-state index contributed by atoms with van der Waals surface area (Å²) in [6.45, 7) is 5.43. The largest absolute Gasteiger partial charge is 0.373 e. The molecule has 2 saturated heterocycles. The number of rotatable bonds is 3. The Kier molecular flexibility index (Phi) is 3.96. The topological polar surface area (TPSA) is 41.6 Å². The van der Waals surface area contributed by atoms with E-state index in [9.17, 15) is 4.79 Å². The molecular formula is C12H20N2O2. The first kappa shape index (κ1) is 11.6. The second-order valence-electron chi connectivity index (χ2n) is 4.49. The third kappa shape index (κ3) is 2.83. The van der Waals surface area contributed by atoms with Gasteiger partial charge in [0.1, 0.15) is 0 Å². The minimum absolute atomic E-state index is 0.0327. The highest BCUT2D eigenvalue weighted by atomic mass is 16.5. The molecule has 2 atom stereocenters. The molecule has 2 aliphatic rings. The maximum absolute atomic E-state index is 11.2. The average molecular weight is 224 g/mol. The molecular weight excluding hydrogens is 204 g/mol. The van der Waals surface area contributed by atoms with Crippen molar-refractivity contribution >= 4 is 5.91 Å². The fraction of sp³-hybridized carbons (Fsp3) is 0.750. The summed E-state index contributed by atoms with van der Waals surface area (Å²) in [5.41, 5.74) is 0. The van der Waals surface area contributed by atoms with E-state index in [2.05, 4.69) is 10.2 Å². The average Bonchev–Trinajstić information content (AvgIpc) is 2.74. The van der Waals surface area contributed by atoms with Gasteiger partial charge in [-0.2, -0.15) is 0 Å². The van der Waals surface area contributed by atoms with Gasteiger partial charge in [0.2, 0.25) is 5.91 Å². The molecule has 1 N–H and O–H groups in total. The Morgan fingerprint density at radius 3 is 3.31 bits per heavy atom. The minimum atomic E-state index is -0.0327. The van der Waals surface area contributed by atoms with Crippen LogP contribution in [0.5, 0.6) is 0 Å². The third-order valence-electron chi connectivity index (χ3n) is 3.28. The zero-order valence-electron chi connectivity index (χ0n) is 9.82. The number of allylic oxidation sites excluding steroid dienone is 1. The second kappa shape index (κ2) is 5.46. The van der Waals surface area contributed by atoms with Crippen LogP contribution in [0.1, 0.15) is 19.8 Å². The van der Waals surface area contributed by atoms with Gasteiger partial charge in [-0.25, -0.2) is 0 Å². The summed E-state index contributed by atoms with van der Waals surface area (Å²) in [5.74, 6) is -0.0327. The Labute approximate surface area is 96.6 Å². The first-order valence-electron chi connectivity index (χ1n) is 6.06. The Morgan fingerprint density at radius 2 is 2.50 bits per heavy atom. The SMILES string of the molecule is CC=CC(=O)NCC1CN2CCCC2CO1. The number of carbonyl (C=O) groups excluding carboxylic acids is 1. The predicted octanol–water partition coefficient (Wildman–Crippen LogP) is 0.542. The first-order valence-corrected chi connectivity index (χ1v) is 6.06. The number of nitrogens with one attached hydrogen (secondary N) is 1. The Balaban J connectivity index is 1.73. The molecule has 2 rings (SSSR count). The molecule has 0 aromatic heterocycles. The molecule has 2 aliphatic heterocycles. The van der Waals surface area contributed by atoms with Crippen molar-refractivity contribution in [3.8, 4) is 0 Å². The predicted molar refractivity (Wildman–Crippen MR) is 62.2 cm³/mol. The van der Waals surface area contributed by atoms with Crippen LogP contribution in [-0.4, -0.2) is 49.2 Å². The van der Waals surface area contributed by atoms with E-state index < -0.39 is 0 Å². The molecule has 0 aromatic carbocycles. The van der Waals surface area contributed by atoms with Gasteiger partial charge in [-0.05, 0) is 32.4 Å². The molecule has 0 bridgehead atoms. The van der Waals surface area contributed by atoms with E-state index in [0.29, 0.717) is 12.6 Å². The van der Waals surface area contributed by atoms with Crippen molar-refractivity contribution in [2.45, 2.75) is 31.9 Å². The molecule has 2 unspecified atom stereocenters. The van der Waals surface area contributed by atoms with Gasteiger partial charge in [-0.15, -0.1) is 0 Å². The normalized spacial score (nSPS) is 30.6. The summed E-state index contributed by atoms with van der Waals surface area (Å²) in [6, 6.07) is 0.627. The molecule has 0 radical (unpaired) electrons. The van der Waals surface area contributed by atoms with Gasteiger partial charge in [-0.1, -0.05) is 6.08 Å². The zero-order chi connectivity index (χ0) is 11.4. The van der Waals surface area contributed by atoms with Crippen molar-refractivity contribution in [3.05, 3.63) is 12.2 Å². The van der Waals surface area contributed by atoms with Gasteiger partial charge in [0.05, 0.1) is 12.7 Å². The van der Waals surface area contributed by atoms with Crippen LogP contribution >= 0.6 is 0 Å². The van der Waals surface area contributed by atoms with E-state index >= 15 is 0 Å². The molecule has 4 nitrogen and oxygen atoms in total. The van der Waals surface area contributed by atoms with Crippen LogP contribution in [0, 0.1) is 0 Å². The van der Waals surface area contributed by atoms with Crippen LogP contribution < -0.4 is 5.32 Å². The van der Waals surface area contributed by atoms with Crippen molar-refractivity contribution in [1.29, 1.82) is 0 Å². The van der Waals surface area contributed by atoms with Crippen LogP contribution in [0.15, 0.2) is 12.2 Å². The lowest BCUT2D eigenvalue weighted by molar-refractivity contribution is -0.118. The van der Waals surface area contributed by atoms with Crippen LogP contribution in [0.2, 0.25) is 0 Å². The number of nitrogens with zero attached hydrogens (tertiary/aromatic N) is 1. The van der Waals surface area contributed by atoms with E-state index in [4.69, 9.17) is 4.74 Å². The first-order chi connectivity index (χ1) is 7.79. The molecule has 1 amide bonds. The monoisotopic (exact) mass is 224 g/mol. The van der Waals surface area contributed by atoms with Gasteiger partial charge >= 0.3 is 0 Å².